The van der Waals surface area contributed by atoms with Crippen LogP contribution in [0.4, 0.5) is 5.69 Å². The van der Waals surface area contributed by atoms with Crippen LogP contribution in [0.15, 0.2) is 18.2 Å². The van der Waals surface area contributed by atoms with E-state index in [0.717, 1.165) is 55.7 Å². The molecule has 0 heterocycles. The van der Waals surface area contributed by atoms with Crippen molar-refractivity contribution in [2.45, 2.75) is 71.8 Å². The van der Waals surface area contributed by atoms with E-state index in [4.69, 9.17) is 9.47 Å². The Morgan fingerprint density at radius 1 is 1.36 bits per heavy atom. The molecular formula is C21H33NO3. The van der Waals surface area contributed by atoms with Crippen molar-refractivity contribution in [2.75, 3.05) is 18.5 Å². The molecule has 1 aromatic carbocycles. The van der Waals surface area contributed by atoms with E-state index in [1.165, 1.54) is 6.42 Å². The first-order valence-electron chi connectivity index (χ1n) is 9.69. The zero-order valence-electron chi connectivity index (χ0n) is 16.2. The van der Waals surface area contributed by atoms with Crippen LogP contribution in [0.3, 0.4) is 0 Å². The lowest BCUT2D eigenvalue weighted by molar-refractivity contribution is -0.147. The van der Waals surface area contributed by atoms with Crippen molar-refractivity contribution in [2.24, 2.45) is 5.92 Å². The number of anilines is 1. The Bertz CT molecular complexity index is 568. The van der Waals surface area contributed by atoms with Gasteiger partial charge in [-0.25, -0.2) is 0 Å². The van der Waals surface area contributed by atoms with Gasteiger partial charge in [0.1, 0.15) is 11.4 Å². The van der Waals surface area contributed by atoms with Gasteiger partial charge in [-0.2, -0.15) is 0 Å². The van der Waals surface area contributed by atoms with E-state index < -0.39 is 5.60 Å². The highest BCUT2D eigenvalue weighted by atomic mass is 16.5. The summed E-state index contributed by atoms with van der Waals surface area (Å²) in [6, 6.07) is 5.83. The summed E-state index contributed by atoms with van der Waals surface area (Å²) in [6.07, 6.45) is 5.97. The van der Waals surface area contributed by atoms with E-state index in [2.05, 4.69) is 19.2 Å². The van der Waals surface area contributed by atoms with Gasteiger partial charge in [-0.15, -0.1) is 0 Å². The molecule has 0 aliphatic heterocycles. The third-order valence-corrected chi connectivity index (χ3v) is 4.98. The van der Waals surface area contributed by atoms with Crippen LogP contribution in [0.2, 0.25) is 0 Å². The highest BCUT2D eigenvalue weighted by Crippen LogP contribution is 2.36. The summed E-state index contributed by atoms with van der Waals surface area (Å²) in [5, 5.41) is 3.07. The maximum Gasteiger partial charge on any atom is 0.256 e. The van der Waals surface area contributed by atoms with E-state index in [9.17, 15) is 4.79 Å². The van der Waals surface area contributed by atoms with Crippen molar-refractivity contribution in [3.8, 4) is 5.75 Å². The van der Waals surface area contributed by atoms with Gasteiger partial charge in [-0.05, 0) is 69.2 Å². The molecule has 0 bridgehead atoms. The fourth-order valence-corrected chi connectivity index (χ4v) is 3.64. The van der Waals surface area contributed by atoms with Crippen LogP contribution in [0.25, 0.3) is 0 Å². The minimum Gasteiger partial charge on any atom is -0.493 e. The van der Waals surface area contributed by atoms with E-state index in [1.807, 2.05) is 32.0 Å². The second kappa shape index (κ2) is 9.23. The van der Waals surface area contributed by atoms with Crippen LogP contribution in [-0.2, 0) is 9.53 Å². The molecule has 0 radical (unpaired) electrons. The lowest BCUT2D eigenvalue weighted by Gasteiger charge is -2.38. The predicted molar refractivity (Wildman–Crippen MR) is 102 cm³/mol. The lowest BCUT2D eigenvalue weighted by atomic mass is 9.78. The minimum atomic E-state index is -0.684. The fourth-order valence-electron chi connectivity index (χ4n) is 3.64. The Morgan fingerprint density at radius 3 is 2.80 bits per heavy atom. The number of hydrogen-bond acceptors (Lipinski definition) is 3. The lowest BCUT2D eigenvalue weighted by Crippen LogP contribution is -2.48. The third kappa shape index (κ3) is 5.21. The summed E-state index contributed by atoms with van der Waals surface area (Å²) >= 11 is 0. The number of benzene rings is 1. The van der Waals surface area contributed by atoms with Crippen molar-refractivity contribution in [3.05, 3.63) is 23.8 Å². The Kier molecular flexibility index (Phi) is 7.30. The fraction of sp³-hybridized carbons (Fsp3) is 0.667. The largest absolute Gasteiger partial charge is 0.493 e. The van der Waals surface area contributed by atoms with Crippen LogP contribution in [-0.4, -0.2) is 24.7 Å². The van der Waals surface area contributed by atoms with Crippen LogP contribution in [0.1, 0.15) is 64.9 Å². The van der Waals surface area contributed by atoms with Crippen molar-refractivity contribution < 1.29 is 14.3 Å². The summed E-state index contributed by atoms with van der Waals surface area (Å²) in [4.78, 5) is 13.0. The molecule has 1 aromatic rings. The van der Waals surface area contributed by atoms with Crippen molar-refractivity contribution in [1.82, 2.24) is 0 Å². The highest BCUT2D eigenvalue weighted by Gasteiger charge is 2.42. The van der Waals surface area contributed by atoms with Gasteiger partial charge in [0, 0.05) is 12.3 Å². The number of ether oxygens (including phenoxy) is 2. The maximum absolute atomic E-state index is 13.0. The third-order valence-electron chi connectivity index (χ3n) is 4.98. The first-order chi connectivity index (χ1) is 12.0. The van der Waals surface area contributed by atoms with E-state index >= 15 is 0 Å². The zero-order chi connectivity index (χ0) is 18.3. The molecule has 25 heavy (non-hydrogen) atoms. The quantitative estimate of drug-likeness (QED) is 0.666. The summed E-state index contributed by atoms with van der Waals surface area (Å²) in [5.41, 5.74) is 1.16. The predicted octanol–water partition coefficient (Wildman–Crippen LogP) is 5.10. The van der Waals surface area contributed by atoms with Crippen LogP contribution >= 0.6 is 0 Å². The number of amides is 1. The topological polar surface area (TPSA) is 47.6 Å². The van der Waals surface area contributed by atoms with Crippen molar-refractivity contribution >= 4 is 11.6 Å². The molecule has 1 fully saturated rings. The molecule has 4 nitrogen and oxygen atoms in total. The molecule has 1 amide bonds. The number of aryl methyl sites for hydroxylation is 1. The van der Waals surface area contributed by atoms with Crippen molar-refractivity contribution in [3.63, 3.8) is 0 Å². The summed E-state index contributed by atoms with van der Waals surface area (Å²) in [5.74, 6) is 1.39. The van der Waals surface area contributed by atoms with Gasteiger partial charge in [0.15, 0.2) is 0 Å². The van der Waals surface area contributed by atoms with Crippen LogP contribution < -0.4 is 10.1 Å². The number of unbranched alkanes of at least 4 members (excludes halogenated alkanes) is 1. The maximum atomic E-state index is 13.0. The summed E-state index contributed by atoms with van der Waals surface area (Å²) in [6.45, 7) is 9.61. The molecular weight excluding hydrogens is 314 g/mol. The van der Waals surface area contributed by atoms with Gasteiger partial charge in [-0.1, -0.05) is 26.7 Å². The van der Waals surface area contributed by atoms with Gasteiger partial charge in [-0.3, -0.25) is 4.79 Å². The molecule has 1 aliphatic rings. The van der Waals surface area contributed by atoms with Gasteiger partial charge >= 0.3 is 0 Å². The SMILES string of the molecule is CCCCOc1ccc(NC(=O)[C@]2(OCC)CCC[C@H](C)C2)cc1C. The molecule has 1 aliphatic carbocycles. The molecule has 2 atom stereocenters. The smallest absolute Gasteiger partial charge is 0.256 e. The number of hydrogen-bond donors (Lipinski definition) is 1. The van der Waals surface area contributed by atoms with E-state index in [-0.39, 0.29) is 5.91 Å². The molecule has 0 unspecified atom stereocenters. The monoisotopic (exact) mass is 347 g/mol. The standard InChI is InChI=1S/C21H33NO3/c1-5-7-13-24-19-11-10-18(14-17(19)4)22-20(23)21(25-6-2)12-8-9-16(3)15-21/h10-11,14,16H,5-9,12-13,15H2,1-4H3,(H,22,23)/t16-,21-/m0/s1. The summed E-state index contributed by atoms with van der Waals surface area (Å²) < 4.78 is 11.7. The summed E-state index contributed by atoms with van der Waals surface area (Å²) in [7, 11) is 0. The molecule has 1 saturated carbocycles. The number of nitrogens with one attached hydrogen (secondary N) is 1. The second-order valence-corrected chi connectivity index (χ2v) is 7.27. The normalized spacial score (nSPS) is 23.3. The minimum absolute atomic E-state index is 0.0139. The second-order valence-electron chi connectivity index (χ2n) is 7.27. The van der Waals surface area contributed by atoms with Crippen LogP contribution in [0, 0.1) is 12.8 Å². The molecule has 0 saturated heterocycles. The molecule has 4 heteroatoms. The van der Waals surface area contributed by atoms with E-state index in [1.54, 1.807) is 0 Å². The Balaban J connectivity index is 2.06. The number of carbonyl (C=O) groups excluding carboxylic acids is 1. The van der Waals surface area contributed by atoms with Crippen LogP contribution in [0.5, 0.6) is 5.75 Å². The molecule has 140 valence electrons. The molecule has 0 aromatic heterocycles. The average molecular weight is 347 g/mol. The van der Waals surface area contributed by atoms with Gasteiger partial charge in [0.05, 0.1) is 6.61 Å². The number of rotatable bonds is 8. The first-order valence-corrected chi connectivity index (χ1v) is 9.69. The van der Waals surface area contributed by atoms with Crippen molar-refractivity contribution in [1.29, 1.82) is 0 Å². The zero-order valence-corrected chi connectivity index (χ0v) is 16.2. The van der Waals surface area contributed by atoms with Gasteiger partial charge in [0.2, 0.25) is 0 Å². The molecule has 2 rings (SSSR count). The van der Waals surface area contributed by atoms with Gasteiger partial charge in [0.25, 0.3) is 5.91 Å². The Hall–Kier alpha value is -1.55. The molecule has 0 spiro atoms. The number of carbonyl (C=O) groups is 1. The first kappa shape index (κ1) is 19.8. The average Bonchev–Trinajstić information content (AvgIpc) is 2.57. The van der Waals surface area contributed by atoms with E-state index in [0.29, 0.717) is 12.5 Å². The molecule has 1 N–H and O–H groups in total. The Labute approximate surface area is 152 Å². The van der Waals surface area contributed by atoms with Gasteiger partial charge < -0.3 is 14.8 Å². The highest BCUT2D eigenvalue weighted by molar-refractivity contribution is 5.97. The Morgan fingerprint density at radius 2 is 2.16 bits per heavy atom.